The first-order chi connectivity index (χ1) is 9.81. The summed E-state index contributed by atoms with van der Waals surface area (Å²) in [6.45, 7) is 1.87. The normalized spacial score (nSPS) is 11.7. The first kappa shape index (κ1) is 15.4. The van der Waals surface area contributed by atoms with E-state index < -0.39 is 11.7 Å². The van der Waals surface area contributed by atoms with Crippen LogP contribution in [0.15, 0.2) is 24.3 Å². The van der Waals surface area contributed by atoms with Gasteiger partial charge >= 0.3 is 6.18 Å². The van der Waals surface area contributed by atoms with Crippen molar-refractivity contribution in [2.45, 2.75) is 26.3 Å². The van der Waals surface area contributed by atoms with Crippen molar-refractivity contribution >= 4 is 0 Å². The van der Waals surface area contributed by atoms with Gasteiger partial charge in [0.1, 0.15) is 12.4 Å². The van der Waals surface area contributed by atoms with E-state index in [4.69, 9.17) is 10.5 Å². The second-order valence-electron chi connectivity index (χ2n) is 4.72. The predicted octanol–water partition coefficient (Wildman–Crippen LogP) is 2.79. The van der Waals surface area contributed by atoms with Crippen LogP contribution in [0, 0.1) is 6.92 Å². The molecular weight excluding hydrogens is 283 g/mol. The molecule has 7 heteroatoms. The van der Waals surface area contributed by atoms with Crippen molar-refractivity contribution in [1.29, 1.82) is 0 Å². The smallest absolute Gasteiger partial charge is 0.419 e. The molecule has 0 bridgehead atoms. The maximum atomic E-state index is 13.0. The van der Waals surface area contributed by atoms with Crippen LogP contribution < -0.4 is 10.5 Å². The molecule has 2 N–H and O–H groups in total. The summed E-state index contributed by atoms with van der Waals surface area (Å²) < 4.78 is 46.0. The summed E-state index contributed by atoms with van der Waals surface area (Å²) in [6, 6.07) is 5.61. The number of benzene rings is 1. The molecule has 114 valence electrons. The number of aryl methyl sites for hydroxylation is 2. The van der Waals surface area contributed by atoms with Crippen LogP contribution in [0.5, 0.6) is 5.75 Å². The largest absolute Gasteiger partial charge is 0.487 e. The van der Waals surface area contributed by atoms with Crippen LogP contribution in [-0.4, -0.2) is 9.78 Å². The lowest BCUT2D eigenvalue weighted by molar-refractivity contribution is -0.139. The molecule has 4 nitrogen and oxygen atoms in total. The van der Waals surface area contributed by atoms with E-state index in [1.807, 2.05) is 0 Å². The average Bonchev–Trinajstić information content (AvgIpc) is 2.73. The summed E-state index contributed by atoms with van der Waals surface area (Å²) in [7, 11) is 1.72. The van der Waals surface area contributed by atoms with Gasteiger partial charge in [-0.2, -0.15) is 18.3 Å². The zero-order valence-electron chi connectivity index (χ0n) is 11.7. The lowest BCUT2D eigenvalue weighted by Crippen LogP contribution is -2.11. The molecule has 2 rings (SSSR count). The Kier molecular flexibility index (Phi) is 4.22. The predicted molar refractivity (Wildman–Crippen MR) is 71.6 cm³/mol. The fourth-order valence-corrected chi connectivity index (χ4v) is 2.00. The Morgan fingerprint density at radius 3 is 2.52 bits per heavy atom. The van der Waals surface area contributed by atoms with Gasteiger partial charge in [-0.15, -0.1) is 0 Å². The Balaban J connectivity index is 2.25. The number of ether oxygens (including phenoxy) is 1. The number of nitrogens with two attached hydrogens (primary N) is 1. The van der Waals surface area contributed by atoms with Crippen LogP contribution in [0.3, 0.4) is 0 Å². The van der Waals surface area contributed by atoms with Gasteiger partial charge in [-0.05, 0) is 30.7 Å². The zero-order valence-corrected chi connectivity index (χ0v) is 11.7. The monoisotopic (exact) mass is 299 g/mol. The highest BCUT2D eigenvalue weighted by atomic mass is 19.4. The van der Waals surface area contributed by atoms with E-state index in [1.54, 1.807) is 24.7 Å². The number of hydrogen-bond donors (Lipinski definition) is 1. The van der Waals surface area contributed by atoms with Gasteiger partial charge in [0.05, 0.1) is 17.0 Å². The highest BCUT2D eigenvalue weighted by Gasteiger charge is 2.34. The number of hydrogen-bond acceptors (Lipinski definition) is 3. The summed E-state index contributed by atoms with van der Waals surface area (Å²) in [4.78, 5) is 0. The lowest BCUT2D eigenvalue weighted by Gasteiger charge is -2.15. The molecule has 21 heavy (non-hydrogen) atoms. The van der Waals surface area contributed by atoms with E-state index in [1.165, 1.54) is 12.1 Å². The molecule has 0 saturated carbocycles. The quantitative estimate of drug-likeness (QED) is 0.944. The molecule has 1 aromatic heterocycles. The third-order valence-corrected chi connectivity index (χ3v) is 3.06. The van der Waals surface area contributed by atoms with Crippen LogP contribution in [0.4, 0.5) is 13.2 Å². The molecule has 0 aliphatic carbocycles. The summed E-state index contributed by atoms with van der Waals surface area (Å²) in [5, 5.41) is 4.12. The molecular formula is C14H16F3N3O. The van der Waals surface area contributed by atoms with E-state index in [2.05, 4.69) is 5.10 Å². The van der Waals surface area contributed by atoms with Crippen LogP contribution in [-0.2, 0) is 26.4 Å². The molecule has 0 aliphatic heterocycles. The molecule has 0 amide bonds. The Bertz CT molecular complexity index is 635. The van der Waals surface area contributed by atoms with Gasteiger partial charge in [0.2, 0.25) is 0 Å². The standard InChI is InChI=1S/C14H16F3N3O/c1-9-5-11(20(2)19-9)8-21-13-4-3-10(7-18)6-12(13)14(15,16)17/h3-6H,7-8,18H2,1-2H3. The second kappa shape index (κ2) is 5.77. The van der Waals surface area contributed by atoms with Gasteiger partial charge in [0.15, 0.2) is 0 Å². The van der Waals surface area contributed by atoms with E-state index in [0.717, 1.165) is 11.8 Å². The fourth-order valence-electron chi connectivity index (χ4n) is 2.00. The minimum absolute atomic E-state index is 0.0163. The first-order valence-electron chi connectivity index (χ1n) is 6.33. The maximum Gasteiger partial charge on any atom is 0.419 e. The molecule has 0 radical (unpaired) electrons. The van der Waals surface area contributed by atoms with E-state index in [9.17, 15) is 13.2 Å². The van der Waals surface area contributed by atoms with E-state index in [0.29, 0.717) is 11.3 Å². The molecule has 0 aliphatic rings. The minimum atomic E-state index is -4.48. The second-order valence-corrected chi connectivity index (χ2v) is 4.72. The summed E-state index contributed by atoms with van der Waals surface area (Å²) in [6.07, 6.45) is -4.48. The Morgan fingerprint density at radius 1 is 1.29 bits per heavy atom. The van der Waals surface area contributed by atoms with Crippen LogP contribution >= 0.6 is 0 Å². The van der Waals surface area contributed by atoms with Crippen molar-refractivity contribution in [3.63, 3.8) is 0 Å². The molecule has 1 aromatic carbocycles. The summed E-state index contributed by atoms with van der Waals surface area (Å²) >= 11 is 0. The molecule has 0 saturated heterocycles. The van der Waals surface area contributed by atoms with Crippen molar-refractivity contribution in [2.24, 2.45) is 12.8 Å². The number of halogens is 3. The third-order valence-electron chi connectivity index (χ3n) is 3.06. The van der Waals surface area contributed by atoms with Crippen molar-refractivity contribution in [3.05, 3.63) is 46.8 Å². The Hall–Kier alpha value is -2.02. The zero-order chi connectivity index (χ0) is 15.6. The van der Waals surface area contributed by atoms with Crippen molar-refractivity contribution in [1.82, 2.24) is 9.78 Å². The topological polar surface area (TPSA) is 53.1 Å². The molecule has 1 heterocycles. The minimum Gasteiger partial charge on any atom is -0.487 e. The number of rotatable bonds is 4. The lowest BCUT2D eigenvalue weighted by atomic mass is 10.1. The summed E-state index contributed by atoms with van der Waals surface area (Å²) in [5.41, 5.74) is 6.45. The van der Waals surface area contributed by atoms with E-state index in [-0.39, 0.29) is 18.9 Å². The van der Waals surface area contributed by atoms with Gasteiger partial charge in [-0.1, -0.05) is 6.07 Å². The van der Waals surface area contributed by atoms with E-state index >= 15 is 0 Å². The molecule has 0 spiro atoms. The SMILES string of the molecule is Cc1cc(COc2ccc(CN)cc2C(F)(F)F)n(C)n1. The fraction of sp³-hybridized carbons (Fsp3) is 0.357. The Labute approximate surface area is 120 Å². The highest BCUT2D eigenvalue weighted by Crippen LogP contribution is 2.37. The van der Waals surface area contributed by atoms with Crippen LogP contribution in [0.2, 0.25) is 0 Å². The number of aromatic nitrogens is 2. The average molecular weight is 299 g/mol. The van der Waals surface area contributed by atoms with Crippen LogP contribution in [0.25, 0.3) is 0 Å². The van der Waals surface area contributed by atoms with Crippen molar-refractivity contribution in [3.8, 4) is 5.75 Å². The number of alkyl halides is 3. The first-order valence-corrected chi connectivity index (χ1v) is 6.33. The summed E-state index contributed by atoms with van der Waals surface area (Å²) in [5.74, 6) is -0.210. The molecule has 2 aromatic rings. The van der Waals surface area contributed by atoms with Gasteiger partial charge in [0, 0.05) is 13.6 Å². The molecule has 0 fully saturated rings. The third kappa shape index (κ3) is 3.55. The van der Waals surface area contributed by atoms with Crippen molar-refractivity contribution in [2.75, 3.05) is 0 Å². The van der Waals surface area contributed by atoms with Gasteiger partial charge in [0.25, 0.3) is 0 Å². The molecule has 0 atom stereocenters. The van der Waals surface area contributed by atoms with Crippen molar-refractivity contribution < 1.29 is 17.9 Å². The highest BCUT2D eigenvalue weighted by molar-refractivity contribution is 5.39. The number of nitrogens with zero attached hydrogens (tertiary/aromatic N) is 2. The van der Waals surface area contributed by atoms with Gasteiger partial charge < -0.3 is 10.5 Å². The Morgan fingerprint density at radius 2 is 2.00 bits per heavy atom. The molecule has 0 unspecified atom stereocenters. The maximum absolute atomic E-state index is 13.0. The van der Waals surface area contributed by atoms with Crippen LogP contribution in [0.1, 0.15) is 22.5 Å². The van der Waals surface area contributed by atoms with Gasteiger partial charge in [-0.25, -0.2) is 0 Å². The van der Waals surface area contributed by atoms with Gasteiger partial charge in [-0.3, -0.25) is 4.68 Å².